The number of rotatable bonds is 15. The van der Waals surface area contributed by atoms with Gasteiger partial charge in [-0.25, -0.2) is 26.3 Å². The molecule has 0 aromatic rings. The Kier molecular flexibility index (Phi) is 28.4. The minimum absolute atomic E-state index is 0. The Bertz CT molecular complexity index is 1810. The number of hydrogen-bond acceptors (Lipinski definition) is 0. The molecule has 0 atom stereocenters. The van der Waals surface area contributed by atoms with Gasteiger partial charge in [-0.05, 0) is 47.1 Å². The van der Waals surface area contributed by atoms with Crippen LogP contribution in [0.1, 0.15) is 46.4 Å². The molecule has 0 aromatic heterocycles. The molecule has 0 nitrogen and oxygen atoms in total. The first-order valence-electron chi connectivity index (χ1n) is 18.8. The second kappa shape index (κ2) is 27.1. The van der Waals surface area contributed by atoms with Crippen molar-refractivity contribution < 1.29 is 212 Å². The SMILES string of the molecule is C=C(F)F.FC(F)(F)C(F)(CC(I)CC(F)(C(F)(F)F)C(F)(F)F)C(F)(F)F.FC(F)(I)CC(CC(F)(C(F)(F)F)C(F)(F)F)CC(F)(C(F)(F)F)C(F)(F)F.FC(F)=CC(CC(F)(C(F)(F)F)C(F)(F)F)CC(F)(C(F)(F)F)C(F)(F)F.[2HH]. The molecule has 0 aliphatic carbocycles. The van der Waals surface area contributed by atoms with E-state index in [1.54, 1.807) is 0 Å². The van der Waals surface area contributed by atoms with Gasteiger partial charge in [0.05, 0.1) is 0 Å². The number of alkyl halides is 46. The van der Waals surface area contributed by atoms with Gasteiger partial charge < -0.3 is 0 Å². The van der Waals surface area contributed by atoms with Crippen LogP contribution < -0.4 is 0 Å². The number of hydrogen-bond donors (Lipinski definition) is 0. The van der Waals surface area contributed by atoms with Crippen LogP contribution in [0.2, 0.25) is 0 Å². The van der Waals surface area contributed by atoms with Gasteiger partial charge in [0.2, 0.25) is 0 Å². The van der Waals surface area contributed by atoms with Crippen LogP contribution in [-0.4, -0.2) is 116 Å². The zero-order valence-electron chi connectivity index (χ0n) is 37.4. The Hall–Kier alpha value is -2.42. The van der Waals surface area contributed by atoms with Gasteiger partial charge in [0.1, 0.15) is 0 Å². The molecule has 504 valence electrons. The van der Waals surface area contributed by atoms with Crippen molar-refractivity contribution in [3.05, 3.63) is 24.8 Å². The van der Waals surface area contributed by atoms with E-state index in [9.17, 15) is 211 Å². The smallest absolute Gasteiger partial charge is 0.224 e. The zero-order chi connectivity index (χ0) is 69.0. The third kappa shape index (κ3) is 22.9. The summed E-state index contributed by atoms with van der Waals surface area (Å²) in [6.45, 7) is 2.22. The fourth-order valence-electron chi connectivity index (χ4n) is 5.47. The van der Waals surface area contributed by atoms with E-state index in [1.165, 1.54) is 0 Å². The molecule has 0 radical (unpaired) electrons. The van der Waals surface area contributed by atoms with E-state index in [2.05, 4.69) is 6.58 Å². The summed E-state index contributed by atoms with van der Waals surface area (Å²) < 4.78 is 588. The van der Waals surface area contributed by atoms with Crippen LogP contribution in [-0.2, 0) is 0 Å². The average Bonchev–Trinajstić information content (AvgIpc) is 3.11. The second-order valence-corrected chi connectivity index (χ2v) is 19.2. The Morgan fingerprint density at radius 2 is 0.434 bits per heavy atom. The Balaban J connectivity index is -0.000000358. The highest BCUT2D eigenvalue weighted by Gasteiger charge is 2.79. The summed E-state index contributed by atoms with van der Waals surface area (Å²) in [5, 5.41) is 0. The van der Waals surface area contributed by atoms with Crippen LogP contribution in [0.15, 0.2) is 24.8 Å². The summed E-state index contributed by atoms with van der Waals surface area (Å²) in [6, 6.07) is 0. The maximum atomic E-state index is 13.6. The number of halogens is 50. The van der Waals surface area contributed by atoms with E-state index >= 15 is 0 Å². The highest BCUT2D eigenvalue weighted by molar-refractivity contribution is 14.1. The molecule has 0 unspecified atom stereocenters. The number of allylic oxidation sites excluding steroid dienone is 1. The van der Waals surface area contributed by atoms with Crippen molar-refractivity contribution in [2.24, 2.45) is 11.8 Å². The minimum atomic E-state index is -6.96. The van der Waals surface area contributed by atoms with Gasteiger partial charge >= 0.3 is 74.1 Å². The lowest BCUT2D eigenvalue weighted by Crippen LogP contribution is -2.57. The quantitative estimate of drug-likeness (QED) is 0.0871. The predicted octanol–water partition coefficient (Wildman–Crippen LogP) is 22.2. The highest BCUT2D eigenvalue weighted by Crippen LogP contribution is 2.59. The molecule has 83 heavy (non-hydrogen) atoms. The molecule has 0 aromatic carbocycles. The molecule has 0 heterocycles. The lowest BCUT2D eigenvalue weighted by atomic mass is 9.81. The minimum Gasteiger partial charge on any atom is -0.224 e. The maximum Gasteiger partial charge on any atom is 0.431 e. The van der Waals surface area contributed by atoms with E-state index in [-0.39, 0.29) is 46.6 Å². The predicted molar refractivity (Wildman–Crippen MR) is 196 cm³/mol. The van der Waals surface area contributed by atoms with Gasteiger partial charge in [-0.15, -0.1) is 0 Å². The van der Waals surface area contributed by atoms with Gasteiger partial charge in [0, 0.05) is 50.3 Å². The Labute approximate surface area is 454 Å². The highest BCUT2D eigenvalue weighted by atomic mass is 127. The summed E-state index contributed by atoms with van der Waals surface area (Å²) >= 11 is 0.247. The molecule has 50 heteroatoms. The molecule has 0 saturated carbocycles. The van der Waals surface area contributed by atoms with Crippen LogP contribution in [0, 0.1) is 11.8 Å². The standard InChI is InChI=1S/C11H7F16I.C11H6F16.C9H5F14I.C2H2F2.H2/c12-5(8(16,17)18,9(19,20)21)1-4(3-7(14,15)28)2-6(13,10(22,23)24)11(25,26)27;12-5(13)1-4(2-6(14,8(16,17)18)9(19,20)21)3-7(15,10(22,23)24)11(25,26)27;10-4(6(12,13)14,7(15,16)17)1-3(24)2-5(11,8(18,19)20)9(21,22)23;1-2(3)4;/h4H,1-3H2;1,4H,2-3H2;3H,1-2H2;1H2;1H/i;;;;1+1. The molecule has 0 rings (SSSR count). The molecular weight excluding hydrogens is 1560 g/mol. The van der Waals surface area contributed by atoms with Crippen LogP contribution in [0.25, 0.3) is 0 Å². The first-order chi connectivity index (χ1) is 35.1. The molecule has 0 amide bonds. The third-order valence-electron chi connectivity index (χ3n) is 9.51. The summed E-state index contributed by atoms with van der Waals surface area (Å²) in [5.74, 6) is -7.44. The summed E-state index contributed by atoms with van der Waals surface area (Å²) in [5.41, 5.74) is -38.0. The molecule has 0 bridgehead atoms. The van der Waals surface area contributed by atoms with Gasteiger partial charge in [-0.3, -0.25) is 0 Å². The van der Waals surface area contributed by atoms with E-state index in [4.69, 9.17) is 0 Å². The topological polar surface area (TPSA) is 0 Å². The lowest BCUT2D eigenvalue weighted by Gasteiger charge is -2.37. The second-order valence-electron chi connectivity index (χ2n) is 15.8. The van der Waals surface area contributed by atoms with Crippen molar-refractivity contribution in [2.75, 3.05) is 0 Å². The van der Waals surface area contributed by atoms with Crippen molar-refractivity contribution in [2.45, 2.75) is 161 Å². The monoisotopic (exact) mass is 1580 g/mol. The summed E-state index contributed by atoms with van der Waals surface area (Å²) in [4.78, 5) is 0. The van der Waals surface area contributed by atoms with Crippen molar-refractivity contribution in [3.63, 3.8) is 0 Å². The van der Waals surface area contributed by atoms with E-state index in [1.807, 2.05) is 0 Å². The lowest BCUT2D eigenvalue weighted by molar-refractivity contribution is -0.358. The zero-order valence-corrected chi connectivity index (χ0v) is 41.7. The fourth-order valence-corrected chi connectivity index (χ4v) is 7.30. The van der Waals surface area contributed by atoms with E-state index in [0.717, 1.165) is 0 Å². The van der Waals surface area contributed by atoms with Crippen molar-refractivity contribution in [1.29, 1.82) is 0 Å². The summed E-state index contributed by atoms with van der Waals surface area (Å²) in [6.07, 6.45) is -110. The van der Waals surface area contributed by atoms with Crippen LogP contribution in [0.4, 0.5) is 211 Å². The van der Waals surface area contributed by atoms with E-state index < -0.39 is 191 Å². The van der Waals surface area contributed by atoms with Crippen molar-refractivity contribution in [3.8, 4) is 0 Å². The van der Waals surface area contributed by atoms with Gasteiger partial charge in [0.15, 0.2) is 0 Å². The molecular formula is C33H22F48I2. The van der Waals surface area contributed by atoms with Crippen molar-refractivity contribution in [1.82, 2.24) is 0 Å². The van der Waals surface area contributed by atoms with Crippen LogP contribution >= 0.6 is 45.2 Å². The van der Waals surface area contributed by atoms with Gasteiger partial charge in [-0.2, -0.15) is 184 Å². The molecule has 0 N–H and O–H groups in total. The van der Waals surface area contributed by atoms with Crippen molar-refractivity contribution >= 4 is 45.2 Å². The Morgan fingerprint density at radius 3 is 0.566 bits per heavy atom. The molecule has 0 saturated heterocycles. The van der Waals surface area contributed by atoms with Crippen LogP contribution in [0.5, 0.6) is 0 Å². The van der Waals surface area contributed by atoms with E-state index in [0.29, 0.717) is 0 Å². The normalized spacial score (nSPS) is 15.3. The summed E-state index contributed by atoms with van der Waals surface area (Å²) in [7, 11) is 0. The average molecular weight is 1590 g/mol. The molecule has 0 fully saturated rings. The first-order valence-corrected chi connectivity index (χ1v) is 21.1. The molecule has 0 aliphatic heterocycles. The molecule has 0 spiro atoms. The fraction of sp³-hybridized carbons (Fsp3) is 0.879. The molecule has 0 aliphatic rings. The third-order valence-corrected chi connectivity index (χ3v) is 10.8. The first kappa shape index (κ1) is 87.0. The maximum absolute atomic E-state index is 13.6. The Morgan fingerprint density at radius 1 is 0.289 bits per heavy atom. The van der Waals surface area contributed by atoms with Gasteiger partial charge in [-0.1, -0.05) is 22.6 Å². The van der Waals surface area contributed by atoms with Gasteiger partial charge in [0.25, 0.3) is 50.1 Å². The van der Waals surface area contributed by atoms with Crippen LogP contribution in [0.3, 0.4) is 0 Å². The largest absolute Gasteiger partial charge is 0.431 e.